The van der Waals surface area contributed by atoms with E-state index in [-0.39, 0.29) is 11.1 Å². The van der Waals surface area contributed by atoms with Crippen molar-refractivity contribution in [2.45, 2.75) is 94.2 Å². The molecule has 0 atom stereocenters. The van der Waals surface area contributed by atoms with Crippen molar-refractivity contribution >= 4 is 11.9 Å². The summed E-state index contributed by atoms with van der Waals surface area (Å²) in [6, 6.07) is 22.5. The maximum atomic E-state index is 5.63. The van der Waals surface area contributed by atoms with Gasteiger partial charge in [0.1, 0.15) is 6.33 Å². The lowest BCUT2D eigenvalue weighted by atomic mass is 9.66. The highest BCUT2D eigenvalue weighted by Crippen LogP contribution is 2.51. The van der Waals surface area contributed by atoms with Gasteiger partial charge in [0.05, 0.1) is 5.54 Å². The monoisotopic (exact) mass is 569 g/mol. The maximum Gasteiger partial charge on any atom is 0.230 e. The van der Waals surface area contributed by atoms with E-state index >= 15 is 0 Å². The molecule has 6 rings (SSSR count). The number of benzene rings is 2. The van der Waals surface area contributed by atoms with Gasteiger partial charge in [-0.3, -0.25) is 4.90 Å². The lowest BCUT2D eigenvalue weighted by Gasteiger charge is -2.53. The van der Waals surface area contributed by atoms with E-state index in [1.807, 2.05) is 0 Å². The third kappa shape index (κ3) is 6.63. The Bertz CT molecular complexity index is 1210. The Labute approximate surface area is 253 Å². The Balaban J connectivity index is 0.000000442. The zero-order chi connectivity index (χ0) is 29.4. The molecule has 3 fully saturated rings. The predicted octanol–water partition coefficient (Wildman–Crippen LogP) is 6.50. The smallest absolute Gasteiger partial charge is 0.230 e. The van der Waals surface area contributed by atoms with Crippen LogP contribution in [0.5, 0.6) is 0 Å². The normalized spacial score (nSPS) is 25.0. The quantitative estimate of drug-likeness (QED) is 0.363. The van der Waals surface area contributed by atoms with Crippen LogP contribution in [0.15, 0.2) is 67.0 Å². The van der Waals surface area contributed by atoms with Crippen LogP contribution in [0.3, 0.4) is 0 Å². The van der Waals surface area contributed by atoms with Gasteiger partial charge in [-0.05, 0) is 83.0 Å². The van der Waals surface area contributed by atoms with Crippen molar-refractivity contribution in [1.82, 2.24) is 19.9 Å². The predicted molar refractivity (Wildman–Crippen MR) is 174 cm³/mol. The van der Waals surface area contributed by atoms with Gasteiger partial charge in [0.2, 0.25) is 11.9 Å². The van der Waals surface area contributed by atoms with Crippen LogP contribution in [0.25, 0.3) is 0 Å². The highest BCUT2D eigenvalue weighted by molar-refractivity contribution is 5.45. The molecular weight excluding hydrogens is 518 g/mol. The van der Waals surface area contributed by atoms with Crippen molar-refractivity contribution in [3.05, 3.63) is 78.1 Å². The van der Waals surface area contributed by atoms with Crippen LogP contribution < -0.4 is 15.5 Å². The van der Waals surface area contributed by atoms with Crippen molar-refractivity contribution in [2.75, 3.05) is 44.0 Å². The van der Waals surface area contributed by atoms with Crippen LogP contribution >= 0.6 is 0 Å². The Morgan fingerprint density at radius 3 is 1.74 bits per heavy atom. The van der Waals surface area contributed by atoms with Crippen LogP contribution in [0, 0.1) is 0 Å². The molecule has 2 N–H and O–H groups in total. The highest BCUT2D eigenvalue weighted by atomic mass is 15.4. The van der Waals surface area contributed by atoms with E-state index in [4.69, 9.17) is 10.7 Å². The number of hydrogen-bond donors (Lipinski definition) is 1. The van der Waals surface area contributed by atoms with Gasteiger partial charge in [0, 0.05) is 31.7 Å². The lowest BCUT2D eigenvalue weighted by molar-refractivity contribution is 0.0642. The fourth-order valence-electron chi connectivity index (χ4n) is 7.40. The van der Waals surface area contributed by atoms with Crippen LogP contribution in [0.2, 0.25) is 0 Å². The van der Waals surface area contributed by atoms with Crippen molar-refractivity contribution in [2.24, 2.45) is 5.73 Å². The molecule has 2 aliphatic carbocycles. The van der Waals surface area contributed by atoms with Crippen LogP contribution in [0.1, 0.15) is 88.2 Å². The van der Waals surface area contributed by atoms with Gasteiger partial charge in [-0.2, -0.15) is 4.98 Å². The summed E-state index contributed by atoms with van der Waals surface area (Å²) in [6.45, 7) is 2.05. The molecule has 0 spiro atoms. The second-order valence-corrected chi connectivity index (χ2v) is 12.8. The third-order valence-corrected chi connectivity index (χ3v) is 10.2. The van der Waals surface area contributed by atoms with E-state index in [9.17, 15) is 0 Å². The highest BCUT2D eigenvalue weighted by Gasteiger charge is 2.48. The van der Waals surface area contributed by atoms with E-state index in [1.165, 1.54) is 62.5 Å². The zero-order valence-electron chi connectivity index (χ0n) is 26.1. The Hall–Kier alpha value is -3.03. The fourth-order valence-corrected chi connectivity index (χ4v) is 7.40. The number of piperidine rings is 1. The molecule has 2 saturated carbocycles. The molecular formula is C35H51N7. The molecule has 1 aromatic heterocycles. The van der Waals surface area contributed by atoms with E-state index < -0.39 is 0 Å². The SMILES string of the molecule is CN(C)C1(c2ccccc2)CCC(c2ccccc2)(N(C)c2ncnc(N3CCCCC3)n2)CC1.NC1CCCCC1. The second-order valence-electron chi connectivity index (χ2n) is 12.8. The first-order valence-electron chi connectivity index (χ1n) is 16.2. The Morgan fingerprint density at radius 2 is 1.21 bits per heavy atom. The molecule has 226 valence electrons. The van der Waals surface area contributed by atoms with Gasteiger partial charge in [0.25, 0.3) is 0 Å². The molecule has 3 aliphatic rings. The molecule has 2 heterocycles. The fraction of sp³-hybridized carbons (Fsp3) is 0.571. The molecule has 1 saturated heterocycles. The number of hydrogen-bond acceptors (Lipinski definition) is 7. The van der Waals surface area contributed by atoms with E-state index in [2.05, 4.69) is 106 Å². The summed E-state index contributed by atoms with van der Waals surface area (Å²) in [4.78, 5) is 21.3. The summed E-state index contributed by atoms with van der Waals surface area (Å²) in [7, 11) is 6.62. The average Bonchev–Trinajstić information content (AvgIpc) is 3.06. The van der Waals surface area contributed by atoms with Gasteiger partial charge >= 0.3 is 0 Å². The van der Waals surface area contributed by atoms with Gasteiger partial charge in [0.15, 0.2) is 0 Å². The summed E-state index contributed by atoms with van der Waals surface area (Å²) in [6.07, 6.45) is 16.2. The van der Waals surface area contributed by atoms with Crippen molar-refractivity contribution in [3.8, 4) is 0 Å². The van der Waals surface area contributed by atoms with Crippen molar-refractivity contribution < 1.29 is 0 Å². The van der Waals surface area contributed by atoms with Crippen LogP contribution in [0.4, 0.5) is 11.9 Å². The van der Waals surface area contributed by atoms with Gasteiger partial charge in [-0.25, -0.2) is 9.97 Å². The molecule has 0 amide bonds. The van der Waals surface area contributed by atoms with Crippen molar-refractivity contribution in [1.29, 1.82) is 0 Å². The van der Waals surface area contributed by atoms with Crippen LogP contribution in [-0.4, -0.2) is 60.1 Å². The van der Waals surface area contributed by atoms with Gasteiger partial charge < -0.3 is 15.5 Å². The summed E-state index contributed by atoms with van der Waals surface area (Å²) >= 11 is 0. The van der Waals surface area contributed by atoms with Gasteiger partial charge in [-0.15, -0.1) is 0 Å². The molecule has 3 aromatic rings. The maximum absolute atomic E-state index is 5.63. The minimum atomic E-state index is -0.171. The summed E-state index contributed by atoms with van der Waals surface area (Å²) in [5, 5.41) is 0. The van der Waals surface area contributed by atoms with Crippen molar-refractivity contribution in [3.63, 3.8) is 0 Å². The first-order valence-corrected chi connectivity index (χ1v) is 16.2. The molecule has 0 unspecified atom stereocenters. The molecule has 1 aliphatic heterocycles. The Morgan fingerprint density at radius 1 is 0.690 bits per heavy atom. The van der Waals surface area contributed by atoms with E-state index in [0.717, 1.165) is 50.7 Å². The largest absolute Gasteiger partial charge is 0.341 e. The minimum absolute atomic E-state index is 0.0262. The van der Waals surface area contributed by atoms with Gasteiger partial charge in [-0.1, -0.05) is 79.9 Å². The second kappa shape index (κ2) is 14.0. The number of anilines is 2. The Kier molecular flexibility index (Phi) is 10.1. The first-order chi connectivity index (χ1) is 20.4. The molecule has 0 radical (unpaired) electrons. The topological polar surface area (TPSA) is 74.4 Å². The first kappa shape index (κ1) is 30.4. The minimum Gasteiger partial charge on any atom is -0.341 e. The molecule has 2 aromatic carbocycles. The molecule has 7 heteroatoms. The third-order valence-electron chi connectivity index (χ3n) is 10.2. The zero-order valence-corrected chi connectivity index (χ0v) is 26.1. The summed E-state index contributed by atoms with van der Waals surface area (Å²) < 4.78 is 0. The standard InChI is InChI=1S/C29H38N6.C6H13N/c1-33(2)28(24-13-7-4-8-14-24)17-19-29(20-18-28,25-15-9-5-10-16-25)34(3)26-30-23-31-27(32-26)35-21-11-6-12-22-35;7-6-4-2-1-3-5-6/h4-5,7-10,13-16,23H,6,11-12,17-22H2,1-3H3;6H,1-5,7H2. The summed E-state index contributed by atoms with van der Waals surface area (Å²) in [5.74, 6) is 1.58. The average molecular weight is 570 g/mol. The lowest BCUT2D eigenvalue weighted by Crippen LogP contribution is -2.54. The number of nitrogens with two attached hydrogens (primary N) is 1. The van der Waals surface area contributed by atoms with E-state index in [1.54, 1.807) is 6.33 Å². The molecule has 42 heavy (non-hydrogen) atoms. The molecule has 0 bridgehead atoms. The van der Waals surface area contributed by atoms with E-state index in [0.29, 0.717) is 6.04 Å². The number of nitrogens with zero attached hydrogens (tertiary/aromatic N) is 6. The number of aromatic nitrogens is 3. The number of rotatable bonds is 6. The van der Waals surface area contributed by atoms with Crippen LogP contribution in [-0.2, 0) is 11.1 Å². The summed E-state index contributed by atoms with van der Waals surface area (Å²) in [5.41, 5.74) is 8.23. The molecule has 7 nitrogen and oxygen atoms in total.